The van der Waals surface area contributed by atoms with Gasteiger partial charge in [-0.2, -0.15) is 0 Å². The van der Waals surface area contributed by atoms with Crippen molar-refractivity contribution in [2.24, 2.45) is 11.8 Å². The predicted molar refractivity (Wildman–Crippen MR) is 111 cm³/mol. The first-order valence-corrected chi connectivity index (χ1v) is 11.0. The van der Waals surface area contributed by atoms with Crippen LogP contribution >= 0.6 is 0 Å². The fourth-order valence-electron chi connectivity index (χ4n) is 6.50. The number of likely N-dealkylation sites (tertiary alicyclic amines) is 2. The summed E-state index contributed by atoms with van der Waals surface area (Å²) in [5, 5.41) is 0. The Balaban J connectivity index is 1.19. The van der Waals surface area contributed by atoms with Crippen molar-refractivity contribution in [3.8, 4) is 0 Å². The molecule has 6 heterocycles. The van der Waals surface area contributed by atoms with Crippen LogP contribution in [0.1, 0.15) is 36.1 Å². The molecule has 6 heteroatoms. The number of nitrogens with zero attached hydrogens (tertiary/aromatic N) is 4. The Bertz CT molecular complexity index is 974. The number of hydrogen-bond donors (Lipinski definition) is 0. The van der Waals surface area contributed by atoms with Crippen molar-refractivity contribution in [1.29, 1.82) is 0 Å². The number of pyridine rings is 2. The molecule has 152 valence electrons. The minimum atomic E-state index is 0.156. The molecule has 6 nitrogen and oxygen atoms in total. The van der Waals surface area contributed by atoms with Crippen molar-refractivity contribution in [3.05, 3.63) is 68.5 Å². The first kappa shape index (κ1) is 17.7. The second-order valence-electron chi connectivity index (χ2n) is 9.61. The van der Waals surface area contributed by atoms with Crippen LogP contribution in [0.4, 0.5) is 0 Å². The second kappa shape index (κ2) is 6.67. The van der Waals surface area contributed by atoms with Crippen LogP contribution in [0.5, 0.6) is 0 Å². The first-order chi connectivity index (χ1) is 14.1. The summed E-state index contributed by atoms with van der Waals surface area (Å²) < 4.78 is 4.02. The van der Waals surface area contributed by atoms with Gasteiger partial charge in [0.1, 0.15) is 0 Å². The summed E-state index contributed by atoms with van der Waals surface area (Å²) in [6, 6.07) is 11.5. The summed E-state index contributed by atoms with van der Waals surface area (Å²) >= 11 is 0. The topological polar surface area (TPSA) is 50.5 Å². The van der Waals surface area contributed by atoms with E-state index in [-0.39, 0.29) is 11.1 Å². The molecular formula is C23H28N4O2. The molecule has 6 rings (SSSR count). The predicted octanol–water partition coefficient (Wildman–Crippen LogP) is 1.51. The van der Waals surface area contributed by atoms with E-state index >= 15 is 0 Å². The number of fused-ring (bicyclic) bond motifs is 8. The number of rotatable bonds is 2. The third-order valence-electron chi connectivity index (χ3n) is 7.51. The Hall–Kier alpha value is -2.18. The zero-order valence-corrected chi connectivity index (χ0v) is 16.7. The number of hydrogen-bond acceptors (Lipinski definition) is 4. The van der Waals surface area contributed by atoms with Crippen LogP contribution in [0.15, 0.2) is 46.0 Å². The maximum atomic E-state index is 12.2. The highest BCUT2D eigenvalue weighted by atomic mass is 16.1. The molecule has 4 aliphatic rings. The molecule has 0 aromatic carbocycles. The Labute approximate surface area is 170 Å². The van der Waals surface area contributed by atoms with Crippen LogP contribution in [0, 0.1) is 11.8 Å². The van der Waals surface area contributed by atoms with E-state index < -0.39 is 0 Å². The van der Waals surface area contributed by atoms with E-state index in [1.54, 1.807) is 12.1 Å². The van der Waals surface area contributed by atoms with Gasteiger partial charge < -0.3 is 9.13 Å². The summed E-state index contributed by atoms with van der Waals surface area (Å²) in [5.41, 5.74) is 2.76. The highest BCUT2D eigenvalue weighted by Crippen LogP contribution is 2.37. The van der Waals surface area contributed by atoms with Crippen molar-refractivity contribution in [3.63, 3.8) is 0 Å². The van der Waals surface area contributed by atoms with Gasteiger partial charge in [-0.05, 0) is 36.8 Å². The Morgan fingerprint density at radius 3 is 1.62 bits per heavy atom. The summed E-state index contributed by atoms with van der Waals surface area (Å²) in [6.07, 6.45) is 2.42. The molecule has 4 unspecified atom stereocenters. The Kier molecular flexibility index (Phi) is 4.06. The fourth-order valence-corrected chi connectivity index (χ4v) is 6.50. The molecule has 4 aliphatic heterocycles. The quantitative estimate of drug-likeness (QED) is 0.777. The van der Waals surface area contributed by atoms with Crippen LogP contribution in [0.2, 0.25) is 0 Å². The average molecular weight is 393 g/mol. The lowest BCUT2D eigenvalue weighted by Crippen LogP contribution is -2.54. The molecule has 0 N–H and O–H groups in total. The van der Waals surface area contributed by atoms with Gasteiger partial charge in [-0.1, -0.05) is 12.1 Å². The third-order valence-corrected chi connectivity index (χ3v) is 7.51. The number of piperidine rings is 2. The molecular weight excluding hydrogens is 364 g/mol. The van der Waals surface area contributed by atoms with Crippen molar-refractivity contribution in [2.45, 2.75) is 37.8 Å². The molecule has 0 spiro atoms. The third kappa shape index (κ3) is 3.01. The van der Waals surface area contributed by atoms with Gasteiger partial charge in [0.25, 0.3) is 11.1 Å². The molecule has 0 saturated carbocycles. The van der Waals surface area contributed by atoms with Gasteiger partial charge in [-0.15, -0.1) is 0 Å². The molecule has 4 atom stereocenters. The molecule has 0 aliphatic carbocycles. The van der Waals surface area contributed by atoms with Crippen molar-refractivity contribution in [2.75, 3.05) is 32.8 Å². The van der Waals surface area contributed by atoms with Crippen LogP contribution in [0.3, 0.4) is 0 Å². The Morgan fingerprint density at radius 2 is 1.14 bits per heavy atom. The highest BCUT2D eigenvalue weighted by Gasteiger charge is 2.38. The van der Waals surface area contributed by atoms with Gasteiger partial charge in [-0.3, -0.25) is 19.4 Å². The zero-order valence-electron chi connectivity index (χ0n) is 16.7. The van der Waals surface area contributed by atoms with Gasteiger partial charge in [0.2, 0.25) is 0 Å². The lowest BCUT2D eigenvalue weighted by molar-refractivity contribution is 0.0266. The standard InChI is InChI=1S/C23H28N4O2/c28-22-5-1-3-20-18-7-16(11-26(20)22)9-24(13-18)15-25-10-17-8-19(14-25)21-4-2-6-23(29)27(21)12-17/h1-6,16-19H,7-15H2. The summed E-state index contributed by atoms with van der Waals surface area (Å²) in [7, 11) is 0. The smallest absolute Gasteiger partial charge is 0.250 e. The lowest BCUT2D eigenvalue weighted by Gasteiger charge is -2.47. The highest BCUT2D eigenvalue weighted by molar-refractivity contribution is 5.18. The average Bonchev–Trinajstić information content (AvgIpc) is 2.70. The van der Waals surface area contributed by atoms with Crippen LogP contribution < -0.4 is 11.1 Å². The second-order valence-corrected chi connectivity index (χ2v) is 9.61. The summed E-state index contributed by atoms with van der Waals surface area (Å²) in [6.45, 7) is 6.99. The zero-order chi connectivity index (χ0) is 19.5. The maximum absolute atomic E-state index is 12.2. The minimum absolute atomic E-state index is 0.156. The fraction of sp³-hybridized carbons (Fsp3) is 0.565. The van der Waals surface area contributed by atoms with Gasteiger partial charge >= 0.3 is 0 Å². The first-order valence-electron chi connectivity index (χ1n) is 11.0. The van der Waals surface area contributed by atoms with Crippen LogP contribution in [0.25, 0.3) is 0 Å². The van der Waals surface area contributed by atoms with Crippen LogP contribution in [-0.4, -0.2) is 51.8 Å². The minimum Gasteiger partial charge on any atom is -0.312 e. The van der Waals surface area contributed by atoms with Crippen LogP contribution in [-0.2, 0) is 13.1 Å². The molecule has 29 heavy (non-hydrogen) atoms. The van der Waals surface area contributed by atoms with Gasteiger partial charge in [0.15, 0.2) is 0 Å². The van der Waals surface area contributed by atoms with E-state index in [0.717, 1.165) is 45.9 Å². The van der Waals surface area contributed by atoms with E-state index in [4.69, 9.17) is 0 Å². The van der Waals surface area contributed by atoms with Gasteiger partial charge in [-0.25, -0.2) is 0 Å². The molecule has 2 fully saturated rings. The summed E-state index contributed by atoms with van der Waals surface area (Å²) in [4.78, 5) is 29.7. The van der Waals surface area contributed by atoms with E-state index in [2.05, 4.69) is 21.9 Å². The SMILES string of the molecule is O=c1cccc2n1CC1CC2CN(CN2CC3CC(C2)c2cccc(=O)n2C3)C1. The largest absolute Gasteiger partial charge is 0.312 e. The molecule has 2 aromatic rings. The van der Waals surface area contributed by atoms with Crippen molar-refractivity contribution >= 4 is 0 Å². The molecule has 4 bridgehead atoms. The molecule has 0 radical (unpaired) electrons. The van der Waals surface area contributed by atoms with E-state index in [1.165, 1.54) is 24.2 Å². The van der Waals surface area contributed by atoms with E-state index in [0.29, 0.717) is 23.7 Å². The van der Waals surface area contributed by atoms with Gasteiger partial charge in [0.05, 0.1) is 6.67 Å². The summed E-state index contributed by atoms with van der Waals surface area (Å²) in [5.74, 6) is 2.09. The lowest BCUT2D eigenvalue weighted by atomic mass is 9.82. The molecule has 0 amide bonds. The maximum Gasteiger partial charge on any atom is 0.250 e. The Morgan fingerprint density at radius 1 is 0.655 bits per heavy atom. The molecule has 2 aromatic heterocycles. The normalized spacial score (nSPS) is 31.2. The van der Waals surface area contributed by atoms with Gasteiger partial charge in [0, 0.05) is 74.6 Å². The molecule has 2 saturated heterocycles. The van der Waals surface area contributed by atoms with Crippen molar-refractivity contribution in [1.82, 2.24) is 18.9 Å². The monoisotopic (exact) mass is 392 g/mol. The van der Waals surface area contributed by atoms with E-state index in [1.807, 2.05) is 21.3 Å². The van der Waals surface area contributed by atoms with Crippen molar-refractivity contribution < 1.29 is 0 Å². The van der Waals surface area contributed by atoms with E-state index in [9.17, 15) is 9.59 Å². The number of aromatic nitrogens is 2.